The Hall–Kier alpha value is -0.640. The second kappa shape index (κ2) is 5.80. The molecule has 1 aliphatic rings. The standard InChI is InChI=1S/C13H24N2OS/c1-4-15(10-8-6-5-7-9-10)12(16)13(2,3)11(14)17/h10H,4-9H2,1-3H3,(H2,14,17). The number of hydrogen-bond acceptors (Lipinski definition) is 2. The van der Waals surface area contributed by atoms with E-state index in [2.05, 4.69) is 0 Å². The number of rotatable bonds is 4. The van der Waals surface area contributed by atoms with Gasteiger partial charge in [0.1, 0.15) is 0 Å². The first-order valence-electron chi connectivity index (χ1n) is 6.52. The summed E-state index contributed by atoms with van der Waals surface area (Å²) in [5.41, 5.74) is 4.96. The molecule has 0 aromatic heterocycles. The SMILES string of the molecule is CCN(C(=O)C(C)(C)C(N)=S)C1CCCCC1. The summed E-state index contributed by atoms with van der Waals surface area (Å²) in [5, 5.41) is 0. The number of carbonyl (C=O) groups is 1. The van der Waals surface area contributed by atoms with Crippen LogP contribution < -0.4 is 5.73 Å². The van der Waals surface area contributed by atoms with Gasteiger partial charge in [-0.2, -0.15) is 0 Å². The summed E-state index contributed by atoms with van der Waals surface area (Å²) < 4.78 is 0. The molecule has 1 rings (SSSR count). The molecular formula is C13H24N2OS. The van der Waals surface area contributed by atoms with E-state index in [1.807, 2.05) is 25.7 Å². The Morgan fingerprint density at radius 3 is 2.29 bits per heavy atom. The highest BCUT2D eigenvalue weighted by Crippen LogP contribution is 2.27. The van der Waals surface area contributed by atoms with Gasteiger partial charge in [-0.15, -0.1) is 0 Å². The van der Waals surface area contributed by atoms with Crippen LogP contribution in [0.5, 0.6) is 0 Å². The Morgan fingerprint density at radius 1 is 1.35 bits per heavy atom. The van der Waals surface area contributed by atoms with Gasteiger partial charge >= 0.3 is 0 Å². The number of amides is 1. The van der Waals surface area contributed by atoms with E-state index >= 15 is 0 Å². The van der Waals surface area contributed by atoms with Gasteiger partial charge in [0.2, 0.25) is 5.91 Å². The Bertz CT molecular complexity index is 296. The van der Waals surface area contributed by atoms with Crippen molar-refractivity contribution in [2.24, 2.45) is 11.1 Å². The summed E-state index contributed by atoms with van der Waals surface area (Å²) in [6, 6.07) is 0.384. The summed E-state index contributed by atoms with van der Waals surface area (Å²) in [5.74, 6) is 0.0828. The van der Waals surface area contributed by atoms with Gasteiger partial charge in [-0.3, -0.25) is 4.79 Å². The number of carbonyl (C=O) groups excluding carboxylic acids is 1. The van der Waals surface area contributed by atoms with Crippen LogP contribution in [0.15, 0.2) is 0 Å². The monoisotopic (exact) mass is 256 g/mol. The lowest BCUT2D eigenvalue weighted by Crippen LogP contribution is -2.51. The first-order chi connectivity index (χ1) is 7.91. The van der Waals surface area contributed by atoms with Crippen LogP contribution in [-0.4, -0.2) is 28.4 Å². The average molecular weight is 256 g/mol. The van der Waals surface area contributed by atoms with Crippen molar-refractivity contribution in [3.05, 3.63) is 0 Å². The van der Waals surface area contributed by atoms with Crippen molar-refractivity contribution in [3.63, 3.8) is 0 Å². The maximum atomic E-state index is 12.5. The third-order valence-corrected chi connectivity index (χ3v) is 4.28. The molecule has 0 spiro atoms. The van der Waals surface area contributed by atoms with E-state index in [1.54, 1.807) is 0 Å². The van der Waals surface area contributed by atoms with E-state index in [-0.39, 0.29) is 10.9 Å². The fourth-order valence-electron chi connectivity index (χ4n) is 2.42. The quantitative estimate of drug-likeness (QED) is 0.786. The predicted molar refractivity (Wildman–Crippen MR) is 74.8 cm³/mol. The fourth-order valence-corrected chi connectivity index (χ4v) is 2.51. The molecule has 0 saturated heterocycles. The zero-order valence-corrected chi connectivity index (χ0v) is 12.0. The van der Waals surface area contributed by atoms with Gasteiger partial charge in [0, 0.05) is 12.6 Å². The molecule has 0 aromatic rings. The van der Waals surface area contributed by atoms with E-state index < -0.39 is 5.41 Å². The normalized spacial score (nSPS) is 17.8. The lowest BCUT2D eigenvalue weighted by Gasteiger charge is -2.38. The summed E-state index contributed by atoms with van der Waals surface area (Å²) in [6.07, 6.45) is 5.98. The summed E-state index contributed by atoms with van der Waals surface area (Å²) in [6.45, 7) is 6.42. The van der Waals surface area contributed by atoms with E-state index in [0.717, 1.165) is 19.4 Å². The first-order valence-corrected chi connectivity index (χ1v) is 6.93. The predicted octanol–water partition coefficient (Wildman–Crippen LogP) is 2.48. The zero-order valence-electron chi connectivity index (χ0n) is 11.2. The maximum absolute atomic E-state index is 12.5. The van der Waals surface area contributed by atoms with E-state index in [1.165, 1.54) is 19.3 Å². The number of nitrogens with zero attached hydrogens (tertiary/aromatic N) is 1. The molecule has 1 fully saturated rings. The second-order valence-electron chi connectivity index (χ2n) is 5.37. The van der Waals surface area contributed by atoms with Crippen LogP contribution >= 0.6 is 12.2 Å². The molecule has 0 atom stereocenters. The summed E-state index contributed by atoms with van der Waals surface area (Å²) in [4.78, 5) is 14.8. The van der Waals surface area contributed by atoms with Crippen molar-refractivity contribution in [2.45, 2.75) is 58.9 Å². The van der Waals surface area contributed by atoms with Gasteiger partial charge in [-0.05, 0) is 33.6 Å². The molecule has 98 valence electrons. The number of thiocarbonyl (C=S) groups is 1. The smallest absolute Gasteiger partial charge is 0.235 e. The summed E-state index contributed by atoms with van der Waals surface area (Å²) in [7, 11) is 0. The fraction of sp³-hybridized carbons (Fsp3) is 0.846. The number of hydrogen-bond donors (Lipinski definition) is 1. The molecule has 0 heterocycles. The zero-order chi connectivity index (χ0) is 13.1. The van der Waals surface area contributed by atoms with E-state index in [0.29, 0.717) is 6.04 Å². The van der Waals surface area contributed by atoms with Crippen LogP contribution in [0.3, 0.4) is 0 Å². The molecule has 0 aromatic carbocycles. The minimum absolute atomic E-state index is 0.0828. The second-order valence-corrected chi connectivity index (χ2v) is 5.81. The molecule has 1 aliphatic carbocycles. The molecule has 4 heteroatoms. The Kier molecular flexibility index (Phi) is 4.92. The molecule has 0 bridgehead atoms. The lowest BCUT2D eigenvalue weighted by molar-refractivity contribution is -0.139. The molecule has 1 saturated carbocycles. The molecule has 2 N–H and O–H groups in total. The largest absolute Gasteiger partial charge is 0.392 e. The highest BCUT2D eigenvalue weighted by atomic mass is 32.1. The topological polar surface area (TPSA) is 46.3 Å². The van der Waals surface area contributed by atoms with Crippen LogP contribution in [0.2, 0.25) is 0 Å². The Labute approximate surface area is 110 Å². The highest BCUT2D eigenvalue weighted by Gasteiger charge is 2.37. The minimum Gasteiger partial charge on any atom is -0.392 e. The average Bonchev–Trinajstić information content (AvgIpc) is 2.31. The van der Waals surface area contributed by atoms with Crippen LogP contribution in [0.1, 0.15) is 52.9 Å². The molecular weight excluding hydrogens is 232 g/mol. The molecule has 3 nitrogen and oxygen atoms in total. The lowest BCUT2D eigenvalue weighted by atomic mass is 9.88. The van der Waals surface area contributed by atoms with Crippen LogP contribution in [0, 0.1) is 5.41 Å². The van der Waals surface area contributed by atoms with Gasteiger partial charge in [0.05, 0.1) is 10.4 Å². The molecule has 0 aliphatic heterocycles. The van der Waals surface area contributed by atoms with Crippen LogP contribution in [0.25, 0.3) is 0 Å². The van der Waals surface area contributed by atoms with E-state index in [4.69, 9.17) is 18.0 Å². The third-order valence-electron chi connectivity index (χ3n) is 3.77. The highest BCUT2D eigenvalue weighted by molar-refractivity contribution is 7.80. The van der Waals surface area contributed by atoms with Crippen molar-refractivity contribution in [1.29, 1.82) is 0 Å². The van der Waals surface area contributed by atoms with Gasteiger partial charge in [0.15, 0.2) is 0 Å². The van der Waals surface area contributed by atoms with Crippen molar-refractivity contribution in [3.8, 4) is 0 Å². The minimum atomic E-state index is -0.719. The van der Waals surface area contributed by atoms with Gasteiger partial charge in [-0.1, -0.05) is 31.5 Å². The summed E-state index contributed by atoms with van der Waals surface area (Å²) >= 11 is 5.01. The van der Waals surface area contributed by atoms with Crippen molar-refractivity contribution in [1.82, 2.24) is 4.90 Å². The van der Waals surface area contributed by atoms with E-state index in [9.17, 15) is 4.79 Å². The maximum Gasteiger partial charge on any atom is 0.235 e. The Morgan fingerprint density at radius 2 is 1.88 bits per heavy atom. The Balaban J connectivity index is 2.79. The molecule has 17 heavy (non-hydrogen) atoms. The number of nitrogens with two attached hydrogens (primary N) is 1. The van der Waals surface area contributed by atoms with Crippen LogP contribution in [-0.2, 0) is 4.79 Å². The molecule has 0 unspecified atom stereocenters. The van der Waals surface area contributed by atoms with Crippen molar-refractivity contribution in [2.75, 3.05) is 6.54 Å². The van der Waals surface area contributed by atoms with Crippen molar-refractivity contribution < 1.29 is 4.79 Å². The van der Waals surface area contributed by atoms with Gasteiger partial charge in [0.25, 0.3) is 0 Å². The third kappa shape index (κ3) is 3.18. The molecule has 1 amide bonds. The van der Waals surface area contributed by atoms with Crippen molar-refractivity contribution >= 4 is 23.1 Å². The molecule has 0 radical (unpaired) electrons. The van der Waals surface area contributed by atoms with Crippen LogP contribution in [0.4, 0.5) is 0 Å². The first kappa shape index (κ1) is 14.4. The van der Waals surface area contributed by atoms with Gasteiger partial charge < -0.3 is 10.6 Å². The van der Waals surface area contributed by atoms with Gasteiger partial charge in [-0.25, -0.2) is 0 Å².